The predicted molar refractivity (Wildman–Crippen MR) is 74.8 cm³/mol. The number of piperidine rings is 1. The minimum absolute atomic E-state index is 0.172. The molecule has 2 aliphatic rings. The summed E-state index contributed by atoms with van der Waals surface area (Å²) < 4.78 is 0. The fourth-order valence-corrected chi connectivity index (χ4v) is 3.12. The molecule has 102 valence electrons. The average molecular weight is 260 g/mol. The molecule has 19 heavy (non-hydrogen) atoms. The van der Waals surface area contributed by atoms with Gasteiger partial charge >= 0.3 is 0 Å². The molecule has 2 N–H and O–H groups in total. The van der Waals surface area contributed by atoms with Gasteiger partial charge in [0.15, 0.2) is 0 Å². The van der Waals surface area contributed by atoms with Crippen LogP contribution in [0.15, 0.2) is 18.3 Å². The zero-order valence-electron chi connectivity index (χ0n) is 11.3. The zero-order valence-corrected chi connectivity index (χ0v) is 11.3. The minimum atomic E-state index is 0.172. The van der Waals surface area contributed by atoms with Crippen LogP contribution in [0.3, 0.4) is 0 Å². The Balaban J connectivity index is 1.78. The number of nitrogens with zero attached hydrogens (tertiary/aromatic N) is 3. The van der Waals surface area contributed by atoms with Crippen LogP contribution in [-0.4, -0.2) is 42.5 Å². The van der Waals surface area contributed by atoms with Crippen LogP contribution in [0, 0.1) is 5.41 Å². The molecule has 0 aliphatic carbocycles. The van der Waals surface area contributed by atoms with Crippen molar-refractivity contribution in [1.29, 1.82) is 0 Å². The van der Waals surface area contributed by atoms with Crippen LogP contribution in [0.5, 0.6) is 0 Å². The summed E-state index contributed by atoms with van der Waals surface area (Å²) in [5.41, 5.74) is 6.63. The van der Waals surface area contributed by atoms with Crippen LogP contribution in [0.1, 0.15) is 19.3 Å². The molecule has 0 saturated carbocycles. The molecule has 1 spiro atoms. The summed E-state index contributed by atoms with van der Waals surface area (Å²) in [4.78, 5) is 20.6. The molecule has 0 bridgehead atoms. The first-order chi connectivity index (χ1) is 9.08. The lowest BCUT2D eigenvalue weighted by Crippen LogP contribution is -2.39. The summed E-state index contributed by atoms with van der Waals surface area (Å²) >= 11 is 0. The molecule has 1 amide bonds. The van der Waals surface area contributed by atoms with Crippen LogP contribution in [0.25, 0.3) is 0 Å². The van der Waals surface area contributed by atoms with Gasteiger partial charge in [0.1, 0.15) is 5.82 Å². The second-order valence-corrected chi connectivity index (χ2v) is 5.90. The van der Waals surface area contributed by atoms with Gasteiger partial charge in [-0.15, -0.1) is 0 Å². The van der Waals surface area contributed by atoms with Crippen LogP contribution in [-0.2, 0) is 4.79 Å². The Bertz CT molecular complexity index is 477. The third kappa shape index (κ3) is 2.30. The summed E-state index contributed by atoms with van der Waals surface area (Å²) in [5.74, 6) is 0.709. The number of carbonyl (C=O) groups is 1. The van der Waals surface area contributed by atoms with E-state index in [0.717, 1.165) is 38.2 Å². The minimum Gasteiger partial charge on any atom is -0.384 e. The molecule has 0 aromatic carbocycles. The van der Waals surface area contributed by atoms with Gasteiger partial charge in [-0.1, -0.05) is 0 Å². The molecule has 0 radical (unpaired) electrons. The van der Waals surface area contributed by atoms with E-state index in [1.807, 2.05) is 11.0 Å². The van der Waals surface area contributed by atoms with Crippen LogP contribution >= 0.6 is 0 Å². The standard InChI is InChI=1S/C14H20N4O/c1-17-6-4-14(5-7-17)8-13(19)18(10-14)11-2-3-12(15)16-9-11/h2-3,9H,4-8,10H2,1H3,(H2,15,16). The molecule has 5 nitrogen and oxygen atoms in total. The van der Waals surface area contributed by atoms with Crippen molar-refractivity contribution in [1.82, 2.24) is 9.88 Å². The number of nitrogens with two attached hydrogens (primary N) is 1. The molecule has 1 aromatic heterocycles. The van der Waals surface area contributed by atoms with Gasteiger partial charge in [0.2, 0.25) is 5.91 Å². The SMILES string of the molecule is CN1CCC2(CC1)CC(=O)N(c1ccc(N)nc1)C2. The largest absolute Gasteiger partial charge is 0.384 e. The van der Waals surface area contributed by atoms with Crippen molar-refractivity contribution in [3.05, 3.63) is 18.3 Å². The van der Waals surface area contributed by atoms with Crippen molar-refractivity contribution in [2.75, 3.05) is 37.3 Å². The number of hydrogen-bond acceptors (Lipinski definition) is 4. The number of amides is 1. The molecule has 2 aliphatic heterocycles. The molecule has 5 heteroatoms. The van der Waals surface area contributed by atoms with E-state index in [9.17, 15) is 4.79 Å². The maximum absolute atomic E-state index is 12.3. The van der Waals surface area contributed by atoms with E-state index in [4.69, 9.17) is 5.73 Å². The van der Waals surface area contributed by atoms with Gasteiger partial charge in [-0.3, -0.25) is 4.79 Å². The number of anilines is 2. The van der Waals surface area contributed by atoms with Crippen molar-refractivity contribution in [3.63, 3.8) is 0 Å². The third-order valence-corrected chi connectivity index (χ3v) is 4.45. The Morgan fingerprint density at radius 2 is 2.05 bits per heavy atom. The average Bonchev–Trinajstić information content (AvgIpc) is 2.72. The first-order valence-corrected chi connectivity index (χ1v) is 6.78. The molecule has 0 atom stereocenters. The lowest BCUT2D eigenvalue weighted by atomic mass is 9.78. The molecule has 0 unspecified atom stereocenters. The zero-order chi connectivity index (χ0) is 13.5. The Kier molecular flexibility index (Phi) is 2.93. The molecule has 3 rings (SSSR count). The monoisotopic (exact) mass is 260 g/mol. The molecule has 3 heterocycles. The number of likely N-dealkylation sites (tertiary alicyclic amines) is 1. The van der Waals surface area contributed by atoms with Crippen LogP contribution in [0.2, 0.25) is 0 Å². The molecule has 2 fully saturated rings. The van der Waals surface area contributed by atoms with Gasteiger partial charge in [-0.25, -0.2) is 4.98 Å². The highest BCUT2D eigenvalue weighted by Gasteiger charge is 2.44. The Morgan fingerprint density at radius 1 is 1.32 bits per heavy atom. The molecule has 2 saturated heterocycles. The maximum atomic E-state index is 12.3. The van der Waals surface area contributed by atoms with E-state index < -0.39 is 0 Å². The van der Waals surface area contributed by atoms with Gasteiger partial charge in [-0.05, 0) is 50.5 Å². The summed E-state index contributed by atoms with van der Waals surface area (Å²) in [6.07, 6.45) is 4.58. The molecular formula is C14H20N4O. The van der Waals surface area contributed by atoms with E-state index in [1.54, 1.807) is 12.3 Å². The highest BCUT2D eigenvalue weighted by Crippen LogP contribution is 2.42. The van der Waals surface area contributed by atoms with Gasteiger partial charge in [0.25, 0.3) is 0 Å². The fraction of sp³-hybridized carbons (Fsp3) is 0.571. The van der Waals surface area contributed by atoms with Crippen LogP contribution in [0.4, 0.5) is 11.5 Å². The number of rotatable bonds is 1. The second kappa shape index (κ2) is 4.49. The number of hydrogen-bond donors (Lipinski definition) is 1. The third-order valence-electron chi connectivity index (χ3n) is 4.45. The van der Waals surface area contributed by atoms with Crippen LogP contribution < -0.4 is 10.6 Å². The van der Waals surface area contributed by atoms with Crippen molar-refractivity contribution in [2.24, 2.45) is 5.41 Å². The second-order valence-electron chi connectivity index (χ2n) is 5.90. The van der Waals surface area contributed by atoms with E-state index in [2.05, 4.69) is 16.9 Å². The first-order valence-electron chi connectivity index (χ1n) is 6.78. The Morgan fingerprint density at radius 3 is 2.68 bits per heavy atom. The highest BCUT2D eigenvalue weighted by atomic mass is 16.2. The number of aromatic nitrogens is 1. The molecule has 1 aromatic rings. The number of pyridine rings is 1. The topological polar surface area (TPSA) is 62.5 Å². The van der Waals surface area contributed by atoms with E-state index in [1.165, 1.54) is 0 Å². The Hall–Kier alpha value is -1.62. The van der Waals surface area contributed by atoms with E-state index >= 15 is 0 Å². The summed E-state index contributed by atoms with van der Waals surface area (Å²) in [7, 11) is 2.14. The summed E-state index contributed by atoms with van der Waals surface area (Å²) in [6, 6.07) is 3.64. The number of carbonyl (C=O) groups excluding carboxylic acids is 1. The van der Waals surface area contributed by atoms with Crippen molar-refractivity contribution in [2.45, 2.75) is 19.3 Å². The maximum Gasteiger partial charge on any atom is 0.227 e. The fourth-order valence-electron chi connectivity index (χ4n) is 3.12. The lowest BCUT2D eigenvalue weighted by molar-refractivity contribution is -0.118. The normalized spacial score (nSPS) is 23.2. The first kappa shape index (κ1) is 12.4. The lowest BCUT2D eigenvalue weighted by Gasteiger charge is -2.37. The van der Waals surface area contributed by atoms with E-state index in [0.29, 0.717) is 12.2 Å². The quantitative estimate of drug-likeness (QED) is 0.821. The van der Waals surface area contributed by atoms with Gasteiger partial charge < -0.3 is 15.5 Å². The smallest absolute Gasteiger partial charge is 0.227 e. The Labute approximate surface area is 113 Å². The van der Waals surface area contributed by atoms with Gasteiger partial charge in [0.05, 0.1) is 11.9 Å². The highest BCUT2D eigenvalue weighted by molar-refractivity contribution is 5.96. The number of nitrogen functional groups attached to an aromatic ring is 1. The predicted octanol–water partition coefficient (Wildman–Crippen LogP) is 1.11. The van der Waals surface area contributed by atoms with Gasteiger partial charge in [0, 0.05) is 13.0 Å². The van der Waals surface area contributed by atoms with Crippen molar-refractivity contribution < 1.29 is 4.79 Å². The van der Waals surface area contributed by atoms with Crippen molar-refractivity contribution >= 4 is 17.4 Å². The molecular weight excluding hydrogens is 240 g/mol. The summed E-state index contributed by atoms with van der Waals surface area (Å²) in [6.45, 7) is 2.99. The van der Waals surface area contributed by atoms with E-state index in [-0.39, 0.29) is 11.3 Å². The van der Waals surface area contributed by atoms with Gasteiger partial charge in [-0.2, -0.15) is 0 Å². The van der Waals surface area contributed by atoms with Crippen molar-refractivity contribution in [3.8, 4) is 0 Å². The summed E-state index contributed by atoms with van der Waals surface area (Å²) in [5, 5.41) is 0.